The second-order valence-corrected chi connectivity index (χ2v) is 4.17. The number of hydrogen-bond acceptors (Lipinski definition) is 3. The molecule has 0 atom stereocenters. The summed E-state index contributed by atoms with van der Waals surface area (Å²) in [7, 11) is 1.75. The Morgan fingerprint density at radius 2 is 2.12 bits per heavy atom. The van der Waals surface area contributed by atoms with Crippen LogP contribution in [0.5, 0.6) is 0 Å². The second kappa shape index (κ2) is 4.95. The maximum Gasteiger partial charge on any atom is 0.0971 e. The van der Waals surface area contributed by atoms with Crippen molar-refractivity contribution in [2.75, 3.05) is 20.3 Å². The number of benzene rings is 1. The summed E-state index contributed by atoms with van der Waals surface area (Å²) in [6, 6.07) is 7.98. The molecule has 0 aliphatic carbocycles. The number of aliphatic hydroxyl groups is 1. The van der Waals surface area contributed by atoms with Crippen LogP contribution in [0.2, 0.25) is 0 Å². The van der Waals surface area contributed by atoms with E-state index in [2.05, 4.69) is 6.07 Å². The third kappa shape index (κ3) is 2.12. The highest BCUT2D eigenvalue weighted by atomic mass is 16.5. The predicted octanol–water partition coefficient (Wildman–Crippen LogP) is 1.83. The molecule has 0 unspecified atom stereocenters. The Morgan fingerprint density at radius 1 is 1.38 bits per heavy atom. The van der Waals surface area contributed by atoms with E-state index in [0.29, 0.717) is 0 Å². The van der Waals surface area contributed by atoms with Gasteiger partial charge < -0.3 is 14.6 Å². The number of aliphatic hydroxyl groups excluding tert-OH is 1. The lowest BCUT2D eigenvalue weighted by atomic mass is 9.85. The van der Waals surface area contributed by atoms with Crippen LogP contribution >= 0.6 is 0 Å². The highest BCUT2D eigenvalue weighted by molar-refractivity contribution is 5.28. The molecule has 1 aliphatic heterocycles. The van der Waals surface area contributed by atoms with Crippen molar-refractivity contribution < 1.29 is 14.6 Å². The van der Waals surface area contributed by atoms with Gasteiger partial charge in [0.15, 0.2) is 0 Å². The Balaban J connectivity index is 2.31. The van der Waals surface area contributed by atoms with Crippen molar-refractivity contribution in [2.45, 2.75) is 25.0 Å². The van der Waals surface area contributed by atoms with E-state index in [1.165, 1.54) is 0 Å². The first-order valence-electron chi connectivity index (χ1n) is 5.64. The van der Waals surface area contributed by atoms with Crippen LogP contribution in [-0.4, -0.2) is 25.4 Å². The second-order valence-electron chi connectivity index (χ2n) is 4.17. The van der Waals surface area contributed by atoms with Crippen LogP contribution in [0.4, 0.5) is 0 Å². The molecular weight excluding hydrogens is 204 g/mol. The van der Waals surface area contributed by atoms with Crippen molar-refractivity contribution in [3.05, 3.63) is 35.4 Å². The molecular formula is C13H18O3. The number of rotatable bonds is 3. The average molecular weight is 222 g/mol. The normalized spacial score (nSPS) is 19.6. The Morgan fingerprint density at radius 3 is 2.75 bits per heavy atom. The lowest BCUT2D eigenvalue weighted by Gasteiger charge is -2.36. The van der Waals surface area contributed by atoms with Gasteiger partial charge in [-0.05, 0) is 11.1 Å². The summed E-state index contributed by atoms with van der Waals surface area (Å²) in [5, 5.41) is 9.15. The van der Waals surface area contributed by atoms with E-state index in [-0.39, 0.29) is 12.2 Å². The van der Waals surface area contributed by atoms with Gasteiger partial charge in [-0.15, -0.1) is 0 Å². The summed E-state index contributed by atoms with van der Waals surface area (Å²) in [5.41, 5.74) is 1.84. The molecule has 1 aromatic rings. The van der Waals surface area contributed by atoms with E-state index in [9.17, 15) is 0 Å². The van der Waals surface area contributed by atoms with Crippen LogP contribution in [0, 0.1) is 0 Å². The van der Waals surface area contributed by atoms with Crippen molar-refractivity contribution in [3.8, 4) is 0 Å². The van der Waals surface area contributed by atoms with Gasteiger partial charge in [0.25, 0.3) is 0 Å². The van der Waals surface area contributed by atoms with E-state index < -0.39 is 0 Å². The molecule has 0 radical (unpaired) electrons. The lowest BCUT2D eigenvalue weighted by molar-refractivity contribution is -0.0948. The molecule has 16 heavy (non-hydrogen) atoms. The number of ether oxygens (including phenoxy) is 2. The molecule has 1 N–H and O–H groups in total. The molecule has 1 aromatic carbocycles. The largest absolute Gasteiger partial charge is 0.392 e. The molecule has 3 nitrogen and oxygen atoms in total. The minimum absolute atomic E-state index is 0.0735. The maximum atomic E-state index is 9.15. The zero-order valence-corrected chi connectivity index (χ0v) is 9.61. The van der Waals surface area contributed by atoms with Gasteiger partial charge in [0.05, 0.1) is 12.2 Å². The number of hydrogen-bond donors (Lipinski definition) is 1. The first-order valence-corrected chi connectivity index (χ1v) is 5.64. The van der Waals surface area contributed by atoms with Crippen molar-refractivity contribution >= 4 is 0 Å². The standard InChI is InChI=1S/C13H18O3/c1-15-13(5-7-16-8-6-13)12-4-2-3-11(9-12)10-14/h2-4,9,14H,5-8,10H2,1H3. The van der Waals surface area contributed by atoms with Crippen LogP contribution in [0.3, 0.4) is 0 Å². The van der Waals surface area contributed by atoms with Gasteiger partial charge >= 0.3 is 0 Å². The van der Waals surface area contributed by atoms with Crippen LogP contribution < -0.4 is 0 Å². The van der Waals surface area contributed by atoms with Crippen molar-refractivity contribution in [1.82, 2.24) is 0 Å². The Labute approximate surface area is 96.0 Å². The van der Waals surface area contributed by atoms with Crippen LogP contribution in [0.25, 0.3) is 0 Å². The van der Waals surface area contributed by atoms with Gasteiger partial charge in [0.2, 0.25) is 0 Å². The summed E-state index contributed by atoms with van der Waals surface area (Å²) in [6.07, 6.45) is 1.75. The van der Waals surface area contributed by atoms with Gasteiger partial charge in [-0.1, -0.05) is 24.3 Å². The molecule has 0 spiro atoms. The van der Waals surface area contributed by atoms with Gasteiger partial charge in [-0.3, -0.25) is 0 Å². The third-order valence-electron chi connectivity index (χ3n) is 3.33. The molecule has 1 saturated heterocycles. The Kier molecular flexibility index (Phi) is 3.59. The average Bonchev–Trinajstić information content (AvgIpc) is 2.39. The van der Waals surface area contributed by atoms with E-state index in [4.69, 9.17) is 14.6 Å². The van der Waals surface area contributed by atoms with Gasteiger partial charge in [-0.2, -0.15) is 0 Å². The summed E-state index contributed by atoms with van der Waals surface area (Å²) in [5.74, 6) is 0. The van der Waals surface area contributed by atoms with Crippen LogP contribution in [-0.2, 0) is 21.7 Å². The molecule has 0 bridgehead atoms. The predicted molar refractivity (Wildman–Crippen MR) is 61.1 cm³/mol. The van der Waals surface area contributed by atoms with E-state index in [1.54, 1.807) is 7.11 Å². The SMILES string of the molecule is COC1(c2cccc(CO)c2)CCOCC1. The highest BCUT2D eigenvalue weighted by Crippen LogP contribution is 2.35. The maximum absolute atomic E-state index is 9.15. The fourth-order valence-corrected chi connectivity index (χ4v) is 2.26. The monoisotopic (exact) mass is 222 g/mol. The molecule has 0 amide bonds. The molecule has 1 heterocycles. The summed E-state index contributed by atoms with van der Waals surface area (Å²) >= 11 is 0. The van der Waals surface area contributed by atoms with Gasteiger partial charge in [-0.25, -0.2) is 0 Å². The smallest absolute Gasteiger partial charge is 0.0971 e. The lowest BCUT2D eigenvalue weighted by Crippen LogP contribution is -2.35. The fourth-order valence-electron chi connectivity index (χ4n) is 2.26. The fraction of sp³-hybridized carbons (Fsp3) is 0.538. The zero-order chi connectivity index (χ0) is 11.4. The van der Waals surface area contributed by atoms with Crippen LogP contribution in [0.15, 0.2) is 24.3 Å². The van der Waals surface area contributed by atoms with E-state index in [1.807, 2.05) is 18.2 Å². The summed E-state index contributed by atoms with van der Waals surface area (Å²) < 4.78 is 11.1. The quantitative estimate of drug-likeness (QED) is 0.848. The first kappa shape index (κ1) is 11.6. The molecule has 0 saturated carbocycles. The molecule has 1 fully saturated rings. The van der Waals surface area contributed by atoms with E-state index in [0.717, 1.165) is 37.2 Å². The number of methoxy groups -OCH3 is 1. The van der Waals surface area contributed by atoms with E-state index >= 15 is 0 Å². The van der Waals surface area contributed by atoms with Crippen molar-refractivity contribution in [1.29, 1.82) is 0 Å². The molecule has 2 rings (SSSR count). The molecule has 88 valence electrons. The minimum atomic E-state index is -0.233. The minimum Gasteiger partial charge on any atom is -0.392 e. The van der Waals surface area contributed by atoms with Gasteiger partial charge in [0, 0.05) is 33.2 Å². The third-order valence-corrected chi connectivity index (χ3v) is 3.33. The summed E-state index contributed by atoms with van der Waals surface area (Å²) in [6.45, 7) is 1.54. The topological polar surface area (TPSA) is 38.7 Å². The first-order chi connectivity index (χ1) is 7.80. The Bertz CT molecular complexity index is 343. The summed E-state index contributed by atoms with van der Waals surface area (Å²) in [4.78, 5) is 0. The zero-order valence-electron chi connectivity index (χ0n) is 9.61. The molecule has 0 aromatic heterocycles. The highest BCUT2D eigenvalue weighted by Gasteiger charge is 2.34. The Hall–Kier alpha value is -0.900. The van der Waals surface area contributed by atoms with Crippen molar-refractivity contribution in [2.24, 2.45) is 0 Å². The van der Waals surface area contributed by atoms with Crippen molar-refractivity contribution in [3.63, 3.8) is 0 Å². The molecule has 3 heteroatoms. The van der Waals surface area contributed by atoms with Crippen LogP contribution in [0.1, 0.15) is 24.0 Å². The van der Waals surface area contributed by atoms with Gasteiger partial charge in [0.1, 0.15) is 0 Å². The molecule has 1 aliphatic rings.